The molecule has 0 aliphatic carbocycles. The van der Waals surface area contributed by atoms with Gasteiger partial charge in [0.2, 0.25) is 0 Å². The predicted octanol–water partition coefficient (Wildman–Crippen LogP) is 4.56. The zero-order chi connectivity index (χ0) is 18.6. The van der Waals surface area contributed by atoms with Crippen LogP contribution in [-0.4, -0.2) is 22.6 Å². The molecule has 0 atom stereocenters. The molecule has 0 fully saturated rings. The van der Waals surface area contributed by atoms with Crippen LogP contribution in [0, 0.1) is 11.6 Å². The van der Waals surface area contributed by atoms with Crippen molar-refractivity contribution in [1.82, 2.24) is 9.55 Å². The quantitative estimate of drug-likeness (QED) is 0.672. The second-order valence-corrected chi connectivity index (χ2v) is 6.96. The minimum absolute atomic E-state index is 0.144. The Balaban J connectivity index is 2.40. The summed E-state index contributed by atoms with van der Waals surface area (Å²) in [6.07, 6.45) is 0.696. The molecule has 136 valence electrons. The number of esters is 1. The van der Waals surface area contributed by atoms with E-state index in [4.69, 9.17) is 0 Å². The standard InChI is InChI=1S/C18H22F2N2O2S/c1-5-22-15(6-7-16(23)24-4)21-17(11(2)3)18(22)25-14-9-12(19)8-13(20)10-14/h8-11H,5-7H2,1-4H3. The third-order valence-electron chi connectivity index (χ3n) is 3.72. The molecule has 0 amide bonds. The second kappa shape index (κ2) is 8.47. The van der Waals surface area contributed by atoms with Crippen molar-refractivity contribution in [3.8, 4) is 0 Å². The molecule has 0 aliphatic rings. The van der Waals surface area contributed by atoms with Crippen LogP contribution in [-0.2, 0) is 22.5 Å². The molecule has 1 aromatic carbocycles. The van der Waals surface area contributed by atoms with E-state index in [0.717, 1.165) is 22.6 Å². The Kier molecular flexibility index (Phi) is 6.58. The van der Waals surface area contributed by atoms with Gasteiger partial charge in [0.1, 0.15) is 22.5 Å². The predicted molar refractivity (Wildman–Crippen MR) is 92.8 cm³/mol. The highest BCUT2D eigenvalue weighted by atomic mass is 32.2. The van der Waals surface area contributed by atoms with E-state index in [1.807, 2.05) is 25.3 Å². The molecule has 0 spiro atoms. The van der Waals surface area contributed by atoms with Gasteiger partial charge in [-0.05, 0) is 25.0 Å². The van der Waals surface area contributed by atoms with E-state index in [1.165, 1.54) is 31.0 Å². The lowest BCUT2D eigenvalue weighted by atomic mass is 10.1. The van der Waals surface area contributed by atoms with Crippen LogP contribution in [0.5, 0.6) is 0 Å². The number of hydrogen-bond donors (Lipinski definition) is 0. The van der Waals surface area contributed by atoms with E-state index >= 15 is 0 Å². The van der Waals surface area contributed by atoms with E-state index in [2.05, 4.69) is 9.72 Å². The van der Waals surface area contributed by atoms with Crippen LogP contribution in [0.25, 0.3) is 0 Å². The number of nitrogens with zero attached hydrogens (tertiary/aromatic N) is 2. The highest BCUT2D eigenvalue weighted by Crippen LogP contribution is 2.35. The van der Waals surface area contributed by atoms with Crippen molar-refractivity contribution >= 4 is 17.7 Å². The number of aromatic nitrogens is 2. The summed E-state index contributed by atoms with van der Waals surface area (Å²) in [7, 11) is 1.36. The van der Waals surface area contributed by atoms with Gasteiger partial charge in [-0.1, -0.05) is 25.6 Å². The summed E-state index contributed by atoms with van der Waals surface area (Å²) in [6, 6.07) is 3.46. The van der Waals surface area contributed by atoms with Gasteiger partial charge in [-0.2, -0.15) is 0 Å². The molecule has 25 heavy (non-hydrogen) atoms. The summed E-state index contributed by atoms with van der Waals surface area (Å²) >= 11 is 1.29. The molecular weight excluding hydrogens is 346 g/mol. The average Bonchev–Trinajstić information content (AvgIpc) is 2.89. The fourth-order valence-electron chi connectivity index (χ4n) is 2.52. The first-order valence-electron chi connectivity index (χ1n) is 8.15. The van der Waals surface area contributed by atoms with Crippen LogP contribution in [0.2, 0.25) is 0 Å². The Morgan fingerprint density at radius 2 is 1.92 bits per heavy atom. The first-order valence-corrected chi connectivity index (χ1v) is 8.97. The average molecular weight is 368 g/mol. The maximum absolute atomic E-state index is 13.5. The molecule has 0 aliphatic heterocycles. The third-order valence-corrected chi connectivity index (χ3v) is 4.81. The Bertz CT molecular complexity index is 740. The fraction of sp³-hybridized carbons (Fsp3) is 0.444. The van der Waals surface area contributed by atoms with Gasteiger partial charge in [0.05, 0.1) is 19.2 Å². The van der Waals surface area contributed by atoms with Crippen molar-refractivity contribution in [2.45, 2.75) is 56.0 Å². The lowest BCUT2D eigenvalue weighted by molar-refractivity contribution is -0.140. The van der Waals surface area contributed by atoms with Crippen molar-refractivity contribution in [3.05, 3.63) is 41.4 Å². The summed E-state index contributed by atoms with van der Waals surface area (Å²) in [5.41, 5.74) is 0.858. The highest BCUT2D eigenvalue weighted by Gasteiger charge is 2.20. The Hall–Kier alpha value is -1.89. The van der Waals surface area contributed by atoms with Gasteiger partial charge in [-0.15, -0.1) is 0 Å². The van der Waals surface area contributed by atoms with E-state index in [1.54, 1.807) is 0 Å². The second-order valence-electron chi connectivity index (χ2n) is 5.90. The number of benzene rings is 1. The molecule has 2 rings (SSSR count). The third kappa shape index (κ3) is 4.81. The molecule has 0 bridgehead atoms. The zero-order valence-electron chi connectivity index (χ0n) is 14.8. The molecule has 1 heterocycles. The van der Waals surface area contributed by atoms with Crippen LogP contribution in [0.1, 0.15) is 44.6 Å². The zero-order valence-corrected chi connectivity index (χ0v) is 15.6. The molecule has 1 aromatic heterocycles. The van der Waals surface area contributed by atoms with Crippen molar-refractivity contribution in [2.24, 2.45) is 0 Å². The lowest BCUT2D eigenvalue weighted by Crippen LogP contribution is -2.07. The lowest BCUT2D eigenvalue weighted by Gasteiger charge is -2.11. The van der Waals surface area contributed by atoms with Crippen molar-refractivity contribution in [2.75, 3.05) is 7.11 Å². The normalized spacial score (nSPS) is 11.2. The van der Waals surface area contributed by atoms with Gasteiger partial charge in [0.25, 0.3) is 0 Å². The maximum Gasteiger partial charge on any atom is 0.305 e. The van der Waals surface area contributed by atoms with Gasteiger partial charge in [-0.25, -0.2) is 13.8 Å². The van der Waals surface area contributed by atoms with Gasteiger partial charge in [0, 0.05) is 23.9 Å². The van der Waals surface area contributed by atoms with Crippen molar-refractivity contribution in [1.29, 1.82) is 0 Å². The van der Waals surface area contributed by atoms with Crippen LogP contribution < -0.4 is 0 Å². The molecule has 0 saturated carbocycles. The Morgan fingerprint density at radius 3 is 2.44 bits per heavy atom. The molecular formula is C18H22F2N2O2S. The van der Waals surface area contributed by atoms with Gasteiger partial charge in [0.15, 0.2) is 0 Å². The van der Waals surface area contributed by atoms with Crippen molar-refractivity contribution < 1.29 is 18.3 Å². The number of carbonyl (C=O) groups is 1. The molecule has 4 nitrogen and oxygen atoms in total. The van der Waals surface area contributed by atoms with Crippen LogP contribution in [0.15, 0.2) is 28.1 Å². The minimum atomic E-state index is -0.609. The molecule has 2 aromatic rings. The van der Waals surface area contributed by atoms with E-state index in [-0.39, 0.29) is 18.3 Å². The number of aryl methyl sites for hydroxylation is 1. The molecule has 0 radical (unpaired) electrons. The van der Waals surface area contributed by atoms with E-state index < -0.39 is 11.6 Å². The summed E-state index contributed by atoms with van der Waals surface area (Å²) in [5.74, 6) is -0.594. The first kappa shape index (κ1) is 19.4. The Labute approximate surface area is 150 Å². The summed E-state index contributed by atoms with van der Waals surface area (Å²) in [5, 5.41) is 0.849. The SMILES string of the molecule is CCn1c(CCC(=O)OC)nc(C(C)C)c1Sc1cc(F)cc(F)c1. The summed E-state index contributed by atoms with van der Waals surface area (Å²) in [4.78, 5) is 16.6. The van der Waals surface area contributed by atoms with Gasteiger partial charge in [-0.3, -0.25) is 4.79 Å². The molecule has 0 saturated heterocycles. The number of ether oxygens (including phenoxy) is 1. The maximum atomic E-state index is 13.5. The largest absolute Gasteiger partial charge is 0.469 e. The Morgan fingerprint density at radius 1 is 1.28 bits per heavy atom. The molecule has 0 N–H and O–H groups in total. The van der Waals surface area contributed by atoms with Crippen LogP contribution >= 0.6 is 11.8 Å². The number of halogens is 2. The topological polar surface area (TPSA) is 44.1 Å². The van der Waals surface area contributed by atoms with E-state index in [9.17, 15) is 13.6 Å². The smallest absolute Gasteiger partial charge is 0.305 e. The first-order chi connectivity index (χ1) is 11.8. The number of imidazole rings is 1. The highest BCUT2D eigenvalue weighted by molar-refractivity contribution is 7.99. The van der Waals surface area contributed by atoms with Gasteiger partial charge < -0.3 is 9.30 Å². The number of carbonyl (C=O) groups excluding carboxylic acids is 1. The fourth-order valence-corrected chi connectivity index (χ4v) is 3.81. The van der Waals surface area contributed by atoms with E-state index in [0.29, 0.717) is 17.9 Å². The number of methoxy groups -OCH3 is 1. The minimum Gasteiger partial charge on any atom is -0.469 e. The molecule has 0 unspecified atom stereocenters. The summed E-state index contributed by atoms with van der Waals surface area (Å²) in [6.45, 7) is 6.66. The number of rotatable bonds is 7. The van der Waals surface area contributed by atoms with Crippen LogP contribution in [0.4, 0.5) is 8.78 Å². The van der Waals surface area contributed by atoms with Crippen LogP contribution in [0.3, 0.4) is 0 Å². The number of hydrogen-bond acceptors (Lipinski definition) is 4. The summed E-state index contributed by atoms with van der Waals surface area (Å²) < 4.78 is 33.7. The monoisotopic (exact) mass is 368 g/mol. The molecule has 7 heteroatoms. The van der Waals surface area contributed by atoms with Gasteiger partial charge >= 0.3 is 5.97 Å². The van der Waals surface area contributed by atoms with Crippen molar-refractivity contribution in [3.63, 3.8) is 0 Å².